The molecule has 1 N–H and O–H groups in total. The van der Waals surface area contributed by atoms with Crippen molar-refractivity contribution in [3.8, 4) is 0 Å². The number of nitrogens with one attached hydrogen (secondary N) is 1. The maximum absolute atomic E-state index is 5.42. The Hall–Kier alpha value is -1.36. The standard InChI is InChI=1S/C15H28N4O/c1-5-8-10-19(4)15-11-13(16-9-6-2)17-14(18-15)12-20-7-3/h11H,5-10,12H2,1-4H3,(H,16,17,18). The Balaban J connectivity index is 2.83. The fraction of sp³-hybridized carbons (Fsp3) is 0.733. The molecule has 0 unspecified atom stereocenters. The Morgan fingerprint density at radius 1 is 1.20 bits per heavy atom. The van der Waals surface area contributed by atoms with Crippen molar-refractivity contribution in [3.05, 3.63) is 11.9 Å². The van der Waals surface area contributed by atoms with Gasteiger partial charge in [-0.25, -0.2) is 9.97 Å². The van der Waals surface area contributed by atoms with Gasteiger partial charge in [0.15, 0.2) is 5.82 Å². The van der Waals surface area contributed by atoms with Gasteiger partial charge in [0.25, 0.3) is 0 Å². The zero-order valence-electron chi connectivity index (χ0n) is 13.3. The first kappa shape index (κ1) is 16.7. The van der Waals surface area contributed by atoms with Crippen molar-refractivity contribution >= 4 is 11.6 Å². The predicted molar refractivity (Wildman–Crippen MR) is 84.3 cm³/mol. The fourth-order valence-corrected chi connectivity index (χ4v) is 1.79. The van der Waals surface area contributed by atoms with E-state index in [1.807, 2.05) is 13.0 Å². The van der Waals surface area contributed by atoms with E-state index in [2.05, 4.69) is 41.1 Å². The number of anilines is 2. The minimum atomic E-state index is 0.465. The summed E-state index contributed by atoms with van der Waals surface area (Å²) in [6.07, 6.45) is 3.42. The number of nitrogens with zero attached hydrogens (tertiary/aromatic N) is 3. The Bertz CT molecular complexity index is 358. The Labute approximate surface area is 122 Å². The molecular formula is C15H28N4O. The van der Waals surface area contributed by atoms with Gasteiger partial charge in [-0.05, 0) is 19.8 Å². The van der Waals surface area contributed by atoms with Crippen LogP contribution in [0.5, 0.6) is 0 Å². The normalized spacial score (nSPS) is 10.6. The summed E-state index contributed by atoms with van der Waals surface area (Å²) >= 11 is 0. The summed E-state index contributed by atoms with van der Waals surface area (Å²) in [5.41, 5.74) is 0. The second kappa shape index (κ2) is 9.53. The molecule has 0 spiro atoms. The van der Waals surface area contributed by atoms with Crippen LogP contribution >= 0.6 is 0 Å². The Morgan fingerprint density at radius 2 is 2.00 bits per heavy atom. The number of hydrogen-bond acceptors (Lipinski definition) is 5. The highest BCUT2D eigenvalue weighted by atomic mass is 16.5. The molecule has 114 valence electrons. The summed E-state index contributed by atoms with van der Waals surface area (Å²) in [5, 5.41) is 3.33. The maximum Gasteiger partial charge on any atom is 0.158 e. The van der Waals surface area contributed by atoms with Crippen molar-refractivity contribution < 1.29 is 4.74 Å². The Kier molecular flexibility index (Phi) is 7.95. The first-order valence-corrected chi connectivity index (χ1v) is 7.61. The van der Waals surface area contributed by atoms with E-state index in [0.29, 0.717) is 13.2 Å². The topological polar surface area (TPSA) is 50.3 Å². The molecule has 0 radical (unpaired) electrons. The predicted octanol–water partition coefficient (Wildman–Crippen LogP) is 3.07. The van der Waals surface area contributed by atoms with E-state index in [0.717, 1.165) is 37.0 Å². The summed E-state index contributed by atoms with van der Waals surface area (Å²) in [4.78, 5) is 11.3. The summed E-state index contributed by atoms with van der Waals surface area (Å²) in [5.74, 6) is 2.59. The van der Waals surface area contributed by atoms with Gasteiger partial charge in [0.2, 0.25) is 0 Å². The van der Waals surface area contributed by atoms with Gasteiger partial charge in [0.05, 0.1) is 0 Å². The summed E-state index contributed by atoms with van der Waals surface area (Å²) in [7, 11) is 2.08. The number of rotatable bonds is 10. The summed E-state index contributed by atoms with van der Waals surface area (Å²) in [6.45, 7) is 9.39. The molecule has 0 fully saturated rings. The highest BCUT2D eigenvalue weighted by molar-refractivity contribution is 5.48. The van der Waals surface area contributed by atoms with Crippen LogP contribution in [0.2, 0.25) is 0 Å². The lowest BCUT2D eigenvalue weighted by atomic mass is 10.3. The molecule has 0 saturated carbocycles. The molecule has 0 aliphatic carbocycles. The SMILES string of the molecule is CCCCN(C)c1cc(NCCC)nc(COCC)n1. The largest absolute Gasteiger partial charge is 0.374 e. The highest BCUT2D eigenvalue weighted by Gasteiger charge is 2.08. The average molecular weight is 280 g/mol. The van der Waals surface area contributed by atoms with Gasteiger partial charge in [-0.15, -0.1) is 0 Å². The quantitative estimate of drug-likeness (QED) is 0.714. The van der Waals surface area contributed by atoms with Crippen LogP contribution in [-0.2, 0) is 11.3 Å². The van der Waals surface area contributed by atoms with Crippen LogP contribution in [0.15, 0.2) is 6.07 Å². The van der Waals surface area contributed by atoms with Gasteiger partial charge in [-0.2, -0.15) is 0 Å². The van der Waals surface area contributed by atoms with E-state index in [4.69, 9.17) is 4.74 Å². The first-order valence-electron chi connectivity index (χ1n) is 7.61. The van der Waals surface area contributed by atoms with Crippen LogP contribution in [0.4, 0.5) is 11.6 Å². The van der Waals surface area contributed by atoms with Crippen molar-refractivity contribution in [1.29, 1.82) is 0 Å². The van der Waals surface area contributed by atoms with Crippen molar-refractivity contribution in [2.24, 2.45) is 0 Å². The molecule has 0 atom stereocenters. The second-order valence-electron chi connectivity index (χ2n) is 4.87. The van der Waals surface area contributed by atoms with Crippen molar-refractivity contribution in [1.82, 2.24) is 9.97 Å². The third kappa shape index (κ3) is 5.74. The lowest BCUT2D eigenvalue weighted by molar-refractivity contribution is 0.128. The van der Waals surface area contributed by atoms with E-state index < -0.39 is 0 Å². The molecule has 1 heterocycles. The maximum atomic E-state index is 5.42. The van der Waals surface area contributed by atoms with E-state index in [1.165, 1.54) is 12.8 Å². The Morgan fingerprint density at radius 3 is 2.65 bits per heavy atom. The highest BCUT2D eigenvalue weighted by Crippen LogP contribution is 2.16. The lowest BCUT2D eigenvalue weighted by Gasteiger charge is -2.19. The smallest absolute Gasteiger partial charge is 0.158 e. The van der Waals surface area contributed by atoms with E-state index in [9.17, 15) is 0 Å². The van der Waals surface area contributed by atoms with Crippen LogP contribution < -0.4 is 10.2 Å². The number of aromatic nitrogens is 2. The molecule has 0 bridgehead atoms. The molecule has 1 rings (SSSR count). The van der Waals surface area contributed by atoms with Gasteiger partial charge in [-0.3, -0.25) is 0 Å². The molecule has 0 aliphatic rings. The van der Waals surface area contributed by atoms with Gasteiger partial charge >= 0.3 is 0 Å². The van der Waals surface area contributed by atoms with Gasteiger partial charge in [0.1, 0.15) is 18.2 Å². The van der Waals surface area contributed by atoms with Crippen LogP contribution in [0, 0.1) is 0 Å². The van der Waals surface area contributed by atoms with Gasteiger partial charge < -0.3 is 15.0 Å². The van der Waals surface area contributed by atoms with E-state index in [-0.39, 0.29) is 0 Å². The summed E-state index contributed by atoms with van der Waals surface area (Å²) in [6, 6.07) is 2.01. The molecule has 20 heavy (non-hydrogen) atoms. The van der Waals surface area contributed by atoms with Crippen LogP contribution in [0.3, 0.4) is 0 Å². The minimum Gasteiger partial charge on any atom is -0.374 e. The fourth-order valence-electron chi connectivity index (χ4n) is 1.79. The van der Waals surface area contributed by atoms with Crippen molar-refractivity contribution in [2.45, 2.75) is 46.6 Å². The van der Waals surface area contributed by atoms with Crippen LogP contribution in [0.25, 0.3) is 0 Å². The average Bonchev–Trinajstić information content (AvgIpc) is 2.48. The van der Waals surface area contributed by atoms with Crippen LogP contribution in [-0.4, -0.2) is 36.7 Å². The zero-order chi connectivity index (χ0) is 14.8. The molecule has 0 saturated heterocycles. The molecule has 0 amide bonds. The second-order valence-corrected chi connectivity index (χ2v) is 4.87. The molecule has 5 heteroatoms. The zero-order valence-corrected chi connectivity index (χ0v) is 13.3. The van der Waals surface area contributed by atoms with E-state index in [1.54, 1.807) is 0 Å². The molecular weight excluding hydrogens is 252 g/mol. The first-order chi connectivity index (χ1) is 9.71. The third-order valence-electron chi connectivity index (χ3n) is 2.99. The third-order valence-corrected chi connectivity index (χ3v) is 2.99. The molecule has 1 aromatic heterocycles. The number of ether oxygens (including phenoxy) is 1. The van der Waals surface area contributed by atoms with E-state index >= 15 is 0 Å². The van der Waals surface area contributed by atoms with Crippen LogP contribution in [0.1, 0.15) is 45.9 Å². The monoisotopic (exact) mass is 280 g/mol. The number of hydrogen-bond donors (Lipinski definition) is 1. The van der Waals surface area contributed by atoms with Gasteiger partial charge in [0, 0.05) is 32.8 Å². The lowest BCUT2D eigenvalue weighted by Crippen LogP contribution is -2.21. The van der Waals surface area contributed by atoms with Gasteiger partial charge in [-0.1, -0.05) is 20.3 Å². The molecule has 5 nitrogen and oxygen atoms in total. The van der Waals surface area contributed by atoms with Crippen molar-refractivity contribution in [3.63, 3.8) is 0 Å². The summed E-state index contributed by atoms with van der Waals surface area (Å²) < 4.78 is 5.42. The molecule has 1 aromatic rings. The molecule has 0 aliphatic heterocycles. The van der Waals surface area contributed by atoms with Crippen molar-refractivity contribution in [2.75, 3.05) is 37.0 Å². The minimum absolute atomic E-state index is 0.465. The number of unbranched alkanes of at least 4 members (excludes halogenated alkanes) is 1. The molecule has 0 aromatic carbocycles.